The SMILES string of the molecule is COc1cccc(OCC(=O)NCC#Cc2ccccc2OC)c1. The smallest absolute Gasteiger partial charge is 0.258 e. The number of hydrogen-bond acceptors (Lipinski definition) is 4. The molecule has 0 unspecified atom stereocenters. The maximum Gasteiger partial charge on any atom is 0.258 e. The Morgan fingerprint density at radius 2 is 1.83 bits per heavy atom. The number of rotatable bonds is 6. The minimum absolute atomic E-state index is 0.0799. The summed E-state index contributed by atoms with van der Waals surface area (Å²) in [6.45, 7) is 0.155. The molecule has 0 aliphatic rings. The van der Waals surface area contributed by atoms with E-state index in [0.717, 1.165) is 5.56 Å². The van der Waals surface area contributed by atoms with Crippen LogP contribution in [0, 0.1) is 11.8 Å². The molecule has 0 radical (unpaired) electrons. The van der Waals surface area contributed by atoms with E-state index in [-0.39, 0.29) is 19.1 Å². The van der Waals surface area contributed by atoms with Crippen LogP contribution in [0.3, 0.4) is 0 Å². The molecule has 0 fully saturated rings. The van der Waals surface area contributed by atoms with E-state index >= 15 is 0 Å². The highest BCUT2D eigenvalue weighted by Crippen LogP contribution is 2.18. The summed E-state index contributed by atoms with van der Waals surface area (Å²) < 4.78 is 15.7. The van der Waals surface area contributed by atoms with E-state index in [1.807, 2.05) is 24.3 Å². The van der Waals surface area contributed by atoms with E-state index in [4.69, 9.17) is 14.2 Å². The summed E-state index contributed by atoms with van der Waals surface area (Å²) in [4.78, 5) is 11.7. The maximum atomic E-state index is 11.7. The van der Waals surface area contributed by atoms with E-state index in [0.29, 0.717) is 17.2 Å². The number of ether oxygens (including phenoxy) is 3. The van der Waals surface area contributed by atoms with Crippen LogP contribution in [0.15, 0.2) is 48.5 Å². The van der Waals surface area contributed by atoms with E-state index in [9.17, 15) is 4.79 Å². The standard InChI is InChI=1S/C19H19NO4/c1-22-16-9-5-10-17(13-16)24-14-19(21)20-12-6-8-15-7-3-4-11-18(15)23-2/h3-5,7,9-11,13H,12,14H2,1-2H3,(H,20,21). The first-order chi connectivity index (χ1) is 11.7. The van der Waals surface area contributed by atoms with Crippen molar-refractivity contribution < 1.29 is 19.0 Å². The Balaban J connectivity index is 1.78. The first-order valence-electron chi connectivity index (χ1n) is 7.38. The Labute approximate surface area is 141 Å². The van der Waals surface area contributed by atoms with Crippen molar-refractivity contribution in [2.45, 2.75) is 0 Å². The van der Waals surface area contributed by atoms with Crippen molar-refractivity contribution in [3.63, 3.8) is 0 Å². The summed E-state index contributed by atoms with van der Waals surface area (Å²) in [7, 11) is 3.17. The zero-order chi connectivity index (χ0) is 17.2. The number of para-hydroxylation sites is 1. The summed E-state index contributed by atoms with van der Waals surface area (Å²) >= 11 is 0. The van der Waals surface area contributed by atoms with Gasteiger partial charge < -0.3 is 19.5 Å². The third-order valence-electron chi connectivity index (χ3n) is 3.12. The molecule has 1 N–H and O–H groups in total. The summed E-state index contributed by atoms with van der Waals surface area (Å²) in [5.74, 6) is 7.56. The van der Waals surface area contributed by atoms with Crippen LogP contribution in [0.1, 0.15) is 5.56 Å². The van der Waals surface area contributed by atoms with Gasteiger partial charge in [-0.15, -0.1) is 0 Å². The van der Waals surface area contributed by atoms with Gasteiger partial charge >= 0.3 is 0 Å². The van der Waals surface area contributed by atoms with E-state index in [1.54, 1.807) is 38.5 Å². The molecule has 1 amide bonds. The topological polar surface area (TPSA) is 56.8 Å². The van der Waals surface area contributed by atoms with Gasteiger partial charge in [-0.3, -0.25) is 4.79 Å². The number of carbonyl (C=O) groups is 1. The van der Waals surface area contributed by atoms with Gasteiger partial charge in [-0.05, 0) is 24.3 Å². The lowest BCUT2D eigenvalue weighted by Crippen LogP contribution is -2.29. The van der Waals surface area contributed by atoms with Crippen molar-refractivity contribution in [2.24, 2.45) is 0 Å². The Morgan fingerprint density at radius 3 is 2.62 bits per heavy atom. The summed E-state index contributed by atoms with van der Waals surface area (Å²) in [6, 6.07) is 14.5. The van der Waals surface area contributed by atoms with Crippen molar-refractivity contribution in [1.29, 1.82) is 0 Å². The van der Waals surface area contributed by atoms with Gasteiger partial charge in [-0.2, -0.15) is 0 Å². The molecule has 124 valence electrons. The molecule has 0 aliphatic heterocycles. The third-order valence-corrected chi connectivity index (χ3v) is 3.12. The average Bonchev–Trinajstić information content (AvgIpc) is 2.64. The fraction of sp³-hybridized carbons (Fsp3) is 0.211. The summed E-state index contributed by atoms with van der Waals surface area (Å²) in [5.41, 5.74) is 0.780. The van der Waals surface area contributed by atoms with Gasteiger partial charge in [0.1, 0.15) is 17.2 Å². The number of methoxy groups -OCH3 is 2. The fourth-order valence-electron chi connectivity index (χ4n) is 1.92. The fourth-order valence-corrected chi connectivity index (χ4v) is 1.92. The number of benzene rings is 2. The molecule has 2 rings (SSSR count). The number of amides is 1. The molecule has 5 nitrogen and oxygen atoms in total. The quantitative estimate of drug-likeness (QED) is 0.828. The van der Waals surface area contributed by atoms with Crippen molar-refractivity contribution in [3.8, 4) is 29.1 Å². The normalized spacial score (nSPS) is 9.42. The molecular weight excluding hydrogens is 306 g/mol. The van der Waals surface area contributed by atoms with Crippen LogP contribution in [-0.2, 0) is 4.79 Å². The van der Waals surface area contributed by atoms with Gasteiger partial charge in [0.2, 0.25) is 0 Å². The minimum atomic E-state index is -0.243. The van der Waals surface area contributed by atoms with E-state index in [2.05, 4.69) is 17.2 Å². The van der Waals surface area contributed by atoms with Crippen LogP contribution < -0.4 is 19.5 Å². The first-order valence-corrected chi connectivity index (χ1v) is 7.38. The lowest BCUT2D eigenvalue weighted by molar-refractivity contribution is -0.122. The highest BCUT2D eigenvalue weighted by Gasteiger charge is 2.02. The van der Waals surface area contributed by atoms with Crippen LogP contribution in [-0.4, -0.2) is 33.3 Å². The van der Waals surface area contributed by atoms with E-state index in [1.165, 1.54) is 0 Å². The molecule has 0 saturated heterocycles. The highest BCUT2D eigenvalue weighted by atomic mass is 16.5. The molecule has 0 heterocycles. The molecule has 0 aliphatic carbocycles. The second-order valence-corrected chi connectivity index (χ2v) is 4.75. The van der Waals surface area contributed by atoms with Gasteiger partial charge in [0, 0.05) is 6.07 Å². The number of hydrogen-bond donors (Lipinski definition) is 1. The second-order valence-electron chi connectivity index (χ2n) is 4.75. The van der Waals surface area contributed by atoms with Crippen LogP contribution in [0.5, 0.6) is 17.2 Å². The van der Waals surface area contributed by atoms with Gasteiger partial charge in [0.25, 0.3) is 5.91 Å². The van der Waals surface area contributed by atoms with Crippen molar-refractivity contribution in [1.82, 2.24) is 5.32 Å². The molecule has 0 bridgehead atoms. The molecule has 5 heteroatoms. The van der Waals surface area contributed by atoms with Gasteiger partial charge in [-0.25, -0.2) is 0 Å². The molecule has 0 aromatic heterocycles. The lowest BCUT2D eigenvalue weighted by atomic mass is 10.2. The molecule has 0 atom stereocenters. The maximum absolute atomic E-state index is 11.7. The Morgan fingerprint density at radius 1 is 1.04 bits per heavy atom. The monoisotopic (exact) mass is 325 g/mol. The molecule has 24 heavy (non-hydrogen) atoms. The molecule has 2 aromatic carbocycles. The first kappa shape index (κ1) is 17.2. The van der Waals surface area contributed by atoms with Gasteiger partial charge in [-0.1, -0.05) is 30.0 Å². The van der Waals surface area contributed by atoms with Crippen molar-refractivity contribution in [3.05, 3.63) is 54.1 Å². The van der Waals surface area contributed by atoms with Crippen LogP contribution in [0.25, 0.3) is 0 Å². The highest BCUT2D eigenvalue weighted by molar-refractivity contribution is 5.77. The predicted octanol–water partition coefficient (Wildman–Crippen LogP) is 2.25. The number of nitrogens with one attached hydrogen (secondary N) is 1. The van der Waals surface area contributed by atoms with Crippen LogP contribution >= 0.6 is 0 Å². The van der Waals surface area contributed by atoms with E-state index < -0.39 is 0 Å². The Bertz CT molecular complexity index is 746. The zero-order valence-electron chi connectivity index (χ0n) is 13.7. The minimum Gasteiger partial charge on any atom is -0.497 e. The van der Waals surface area contributed by atoms with Crippen molar-refractivity contribution in [2.75, 3.05) is 27.4 Å². The van der Waals surface area contributed by atoms with Crippen LogP contribution in [0.2, 0.25) is 0 Å². The van der Waals surface area contributed by atoms with Crippen LogP contribution in [0.4, 0.5) is 0 Å². The third kappa shape index (κ3) is 5.25. The zero-order valence-corrected chi connectivity index (χ0v) is 13.7. The Hall–Kier alpha value is -3.13. The largest absolute Gasteiger partial charge is 0.497 e. The van der Waals surface area contributed by atoms with Gasteiger partial charge in [0.05, 0.1) is 26.3 Å². The molecule has 0 saturated carbocycles. The van der Waals surface area contributed by atoms with Gasteiger partial charge in [0.15, 0.2) is 6.61 Å². The molecule has 0 spiro atoms. The number of carbonyl (C=O) groups excluding carboxylic acids is 1. The Kier molecular flexibility index (Phi) is 6.54. The second kappa shape index (κ2) is 9.11. The lowest BCUT2D eigenvalue weighted by Gasteiger charge is -2.07. The summed E-state index contributed by atoms with van der Waals surface area (Å²) in [5, 5.41) is 2.68. The molecular formula is C19H19NO4. The molecule has 2 aromatic rings. The van der Waals surface area contributed by atoms with Crippen molar-refractivity contribution >= 4 is 5.91 Å². The average molecular weight is 325 g/mol. The predicted molar refractivity (Wildman–Crippen MR) is 91.4 cm³/mol. The summed E-state index contributed by atoms with van der Waals surface area (Å²) in [6.07, 6.45) is 0.